The van der Waals surface area contributed by atoms with Gasteiger partial charge in [-0.3, -0.25) is 0 Å². The van der Waals surface area contributed by atoms with Gasteiger partial charge < -0.3 is 0 Å². The fourth-order valence-corrected chi connectivity index (χ4v) is 3.56. The standard InChI is InChI=1S/C19H30N8S/c1-10-26-15-12(20-22-17-23-21-16(28-17)19(7,8)9)13(18(4,5)6)24-27(15)14(25-26)11(2)3/h11H,10H2,1-9H3. The van der Waals surface area contributed by atoms with Crippen molar-refractivity contribution in [2.75, 3.05) is 0 Å². The molecule has 0 spiro atoms. The van der Waals surface area contributed by atoms with Gasteiger partial charge in [-0.25, -0.2) is 4.68 Å². The van der Waals surface area contributed by atoms with Crippen molar-refractivity contribution in [2.24, 2.45) is 10.2 Å². The smallest absolute Gasteiger partial charge is 0.244 e. The summed E-state index contributed by atoms with van der Waals surface area (Å²) in [5.74, 6) is 1.18. The van der Waals surface area contributed by atoms with E-state index in [1.54, 1.807) is 0 Å². The SMILES string of the molecule is CCn1nc(C(C)C)n2nc(C(C)(C)C)c(N=Nc3nnc(C(C)(C)C)s3)c12. The zero-order valence-corrected chi connectivity index (χ0v) is 19.1. The van der Waals surface area contributed by atoms with Crippen LogP contribution in [0.3, 0.4) is 0 Å². The molecule has 0 amide bonds. The van der Waals surface area contributed by atoms with Gasteiger partial charge in [0.1, 0.15) is 5.01 Å². The molecule has 0 aliphatic carbocycles. The maximum absolute atomic E-state index is 4.88. The van der Waals surface area contributed by atoms with Crippen LogP contribution in [0.15, 0.2) is 10.2 Å². The predicted molar refractivity (Wildman–Crippen MR) is 112 cm³/mol. The summed E-state index contributed by atoms with van der Waals surface area (Å²) in [7, 11) is 0. The van der Waals surface area contributed by atoms with E-state index in [1.807, 2.05) is 9.20 Å². The van der Waals surface area contributed by atoms with E-state index in [2.05, 4.69) is 82.7 Å². The average molecular weight is 403 g/mol. The summed E-state index contributed by atoms with van der Waals surface area (Å²) >= 11 is 1.47. The third-order valence-electron chi connectivity index (χ3n) is 4.34. The molecule has 0 saturated carbocycles. The molecule has 0 atom stereocenters. The molecular weight excluding hydrogens is 372 g/mol. The van der Waals surface area contributed by atoms with Crippen LogP contribution in [0.5, 0.6) is 0 Å². The Labute approximate surface area is 170 Å². The normalized spacial score (nSPS) is 13.5. The Morgan fingerprint density at radius 2 is 1.64 bits per heavy atom. The first kappa shape index (κ1) is 20.6. The largest absolute Gasteiger partial charge is 0.251 e. The van der Waals surface area contributed by atoms with Gasteiger partial charge in [-0.1, -0.05) is 66.7 Å². The summed E-state index contributed by atoms with van der Waals surface area (Å²) in [4.78, 5) is 0. The van der Waals surface area contributed by atoms with Crippen molar-refractivity contribution in [3.05, 3.63) is 16.5 Å². The van der Waals surface area contributed by atoms with Crippen molar-refractivity contribution in [2.45, 2.75) is 85.6 Å². The Morgan fingerprint density at radius 1 is 0.964 bits per heavy atom. The van der Waals surface area contributed by atoms with Crippen LogP contribution in [0.4, 0.5) is 10.8 Å². The average Bonchev–Trinajstić information content (AvgIpc) is 3.25. The van der Waals surface area contributed by atoms with Gasteiger partial charge in [0.25, 0.3) is 5.13 Å². The fourth-order valence-electron chi connectivity index (χ4n) is 2.84. The van der Waals surface area contributed by atoms with Gasteiger partial charge in [-0.05, 0) is 6.92 Å². The Kier molecular flexibility index (Phi) is 5.16. The lowest BCUT2D eigenvalue weighted by Gasteiger charge is -2.15. The van der Waals surface area contributed by atoms with E-state index in [0.29, 0.717) is 5.13 Å². The lowest BCUT2D eigenvalue weighted by molar-refractivity contribution is 0.557. The van der Waals surface area contributed by atoms with Gasteiger partial charge in [-0.2, -0.15) is 14.7 Å². The van der Waals surface area contributed by atoms with Crippen molar-refractivity contribution < 1.29 is 0 Å². The molecule has 28 heavy (non-hydrogen) atoms. The molecule has 3 heterocycles. The molecule has 8 nitrogen and oxygen atoms in total. The highest BCUT2D eigenvalue weighted by atomic mass is 32.1. The third-order valence-corrected chi connectivity index (χ3v) is 5.57. The molecular formula is C19H30N8S. The van der Waals surface area contributed by atoms with Gasteiger partial charge in [-0.15, -0.1) is 20.4 Å². The van der Waals surface area contributed by atoms with Crippen molar-refractivity contribution in [3.63, 3.8) is 0 Å². The lowest BCUT2D eigenvalue weighted by Crippen LogP contribution is -2.13. The first-order valence-corrected chi connectivity index (χ1v) is 10.5. The molecule has 0 bridgehead atoms. The highest BCUT2D eigenvalue weighted by Gasteiger charge is 2.29. The number of fused-ring (bicyclic) bond motifs is 1. The number of rotatable bonds is 4. The monoisotopic (exact) mass is 402 g/mol. The van der Waals surface area contributed by atoms with Crippen LogP contribution in [0.25, 0.3) is 5.65 Å². The Morgan fingerprint density at radius 3 is 2.14 bits per heavy atom. The van der Waals surface area contributed by atoms with Gasteiger partial charge in [0.05, 0.1) is 5.69 Å². The molecule has 0 aromatic carbocycles. The Balaban J connectivity index is 2.16. The zero-order valence-electron chi connectivity index (χ0n) is 18.3. The molecule has 3 rings (SSSR count). The quantitative estimate of drug-likeness (QED) is 0.536. The van der Waals surface area contributed by atoms with Gasteiger partial charge in [0.15, 0.2) is 17.2 Å². The van der Waals surface area contributed by atoms with E-state index in [-0.39, 0.29) is 16.7 Å². The molecule has 0 saturated heterocycles. The fraction of sp³-hybridized carbons (Fsp3) is 0.684. The van der Waals surface area contributed by atoms with E-state index in [4.69, 9.17) is 10.2 Å². The second-order valence-electron chi connectivity index (χ2n) is 9.35. The molecule has 0 N–H and O–H groups in total. The summed E-state index contributed by atoms with van der Waals surface area (Å²) in [6.45, 7) is 19.8. The lowest BCUT2D eigenvalue weighted by atomic mass is 9.91. The molecule has 0 aliphatic rings. The molecule has 9 heteroatoms. The molecule has 3 aromatic rings. The molecule has 0 unspecified atom stereocenters. The maximum atomic E-state index is 4.88. The number of aromatic nitrogens is 6. The Bertz CT molecular complexity index is 1010. The minimum Gasteiger partial charge on any atom is -0.244 e. The topological polar surface area (TPSA) is 85.6 Å². The summed E-state index contributed by atoms with van der Waals surface area (Å²) in [5.41, 5.74) is 2.30. The van der Waals surface area contributed by atoms with Crippen LogP contribution in [-0.4, -0.2) is 29.6 Å². The van der Waals surface area contributed by atoms with Gasteiger partial charge in [0, 0.05) is 23.3 Å². The van der Waals surface area contributed by atoms with Gasteiger partial charge in [0.2, 0.25) is 0 Å². The van der Waals surface area contributed by atoms with E-state index in [1.165, 1.54) is 11.3 Å². The third kappa shape index (κ3) is 3.72. The van der Waals surface area contributed by atoms with Crippen LogP contribution in [0.2, 0.25) is 0 Å². The van der Waals surface area contributed by atoms with Crippen LogP contribution in [-0.2, 0) is 17.4 Å². The summed E-state index contributed by atoms with van der Waals surface area (Å²) < 4.78 is 3.87. The number of hydrogen-bond acceptors (Lipinski definition) is 7. The van der Waals surface area contributed by atoms with E-state index < -0.39 is 0 Å². The minimum atomic E-state index is -0.176. The first-order chi connectivity index (χ1) is 12.9. The summed E-state index contributed by atoms with van der Waals surface area (Å²) in [6, 6.07) is 0. The van der Waals surface area contributed by atoms with Crippen molar-refractivity contribution in [1.29, 1.82) is 0 Å². The highest BCUT2D eigenvalue weighted by Crippen LogP contribution is 2.37. The molecule has 152 valence electrons. The van der Waals surface area contributed by atoms with E-state index >= 15 is 0 Å². The summed E-state index contributed by atoms with van der Waals surface area (Å²) in [5, 5.41) is 28.6. The molecule has 3 aromatic heterocycles. The van der Waals surface area contributed by atoms with E-state index in [9.17, 15) is 0 Å². The van der Waals surface area contributed by atoms with Crippen molar-refractivity contribution in [3.8, 4) is 0 Å². The molecule has 0 radical (unpaired) electrons. The highest BCUT2D eigenvalue weighted by molar-refractivity contribution is 7.15. The van der Waals surface area contributed by atoms with Crippen molar-refractivity contribution in [1.82, 2.24) is 29.6 Å². The van der Waals surface area contributed by atoms with Crippen LogP contribution in [0, 0.1) is 0 Å². The first-order valence-electron chi connectivity index (χ1n) is 9.69. The number of azo groups is 1. The van der Waals surface area contributed by atoms with Crippen LogP contribution >= 0.6 is 11.3 Å². The maximum Gasteiger partial charge on any atom is 0.251 e. The molecule has 0 aliphatic heterocycles. The number of hydrogen-bond donors (Lipinski definition) is 0. The summed E-state index contributed by atoms with van der Waals surface area (Å²) in [6.07, 6.45) is 0. The zero-order chi connectivity index (χ0) is 20.9. The van der Waals surface area contributed by atoms with E-state index in [0.717, 1.165) is 34.4 Å². The Hall–Kier alpha value is -2.16. The second-order valence-corrected chi connectivity index (χ2v) is 10.3. The number of aryl methyl sites for hydroxylation is 1. The minimum absolute atomic E-state index is 0.0556. The second kappa shape index (κ2) is 7.02. The van der Waals surface area contributed by atoms with Gasteiger partial charge >= 0.3 is 0 Å². The van der Waals surface area contributed by atoms with Crippen molar-refractivity contribution >= 4 is 27.8 Å². The van der Waals surface area contributed by atoms with Crippen LogP contribution in [0.1, 0.15) is 84.8 Å². The number of nitrogens with zero attached hydrogens (tertiary/aromatic N) is 8. The molecule has 0 fully saturated rings. The predicted octanol–water partition coefficient (Wildman–Crippen LogP) is 5.54. The van der Waals surface area contributed by atoms with Crippen LogP contribution < -0.4 is 0 Å².